The molecule has 2 aromatic rings. The molecule has 7 heteroatoms. The number of nitrogens with zero attached hydrogens (tertiary/aromatic N) is 1. The fourth-order valence-corrected chi connectivity index (χ4v) is 4.73. The molecular formula is C22H27FN2O3S. The molecule has 0 saturated carbocycles. The van der Waals surface area contributed by atoms with Gasteiger partial charge in [0.1, 0.15) is 5.82 Å². The standard InChI is InChI=1S/C22H27FN2O3S/c1-16(18-13-12-17-7-5-8-19(17)15-18)24-22(26)11-6-14-25(29(2,27)28)21-10-4-3-9-20(21)23/h3-4,9-10,12-13,15-16H,5-8,11,14H2,1-2H3,(H,24,26). The molecule has 1 aliphatic rings. The molecule has 2 aromatic carbocycles. The van der Waals surface area contributed by atoms with Gasteiger partial charge >= 0.3 is 0 Å². The van der Waals surface area contributed by atoms with Gasteiger partial charge < -0.3 is 5.32 Å². The van der Waals surface area contributed by atoms with Gasteiger partial charge in [0.05, 0.1) is 18.0 Å². The monoisotopic (exact) mass is 418 g/mol. The number of carbonyl (C=O) groups is 1. The van der Waals surface area contributed by atoms with Crippen LogP contribution in [-0.4, -0.2) is 27.1 Å². The molecule has 1 amide bonds. The Morgan fingerprint density at radius 1 is 1.17 bits per heavy atom. The van der Waals surface area contributed by atoms with Gasteiger partial charge in [-0.05, 0) is 61.4 Å². The normalized spacial score (nSPS) is 14.3. The quantitative estimate of drug-likeness (QED) is 0.710. The lowest BCUT2D eigenvalue weighted by molar-refractivity contribution is -0.121. The summed E-state index contributed by atoms with van der Waals surface area (Å²) in [5, 5.41) is 2.97. The number of fused-ring (bicyclic) bond motifs is 1. The van der Waals surface area contributed by atoms with Gasteiger partial charge in [0.15, 0.2) is 0 Å². The molecule has 0 spiro atoms. The summed E-state index contributed by atoms with van der Waals surface area (Å²) in [5.74, 6) is -0.757. The Morgan fingerprint density at radius 2 is 1.90 bits per heavy atom. The summed E-state index contributed by atoms with van der Waals surface area (Å²) in [6.45, 7) is 1.98. The first-order valence-electron chi connectivity index (χ1n) is 9.89. The minimum Gasteiger partial charge on any atom is -0.350 e. The molecule has 0 aliphatic heterocycles. The summed E-state index contributed by atoms with van der Waals surface area (Å²) in [6, 6.07) is 12.0. The molecule has 1 N–H and O–H groups in total. The SMILES string of the molecule is CC(NC(=O)CCCN(c1ccccc1F)S(C)(=O)=O)c1ccc2c(c1)CCC2. The van der Waals surface area contributed by atoms with Crippen LogP contribution in [0.25, 0.3) is 0 Å². The van der Waals surface area contributed by atoms with Crippen LogP contribution in [0.15, 0.2) is 42.5 Å². The summed E-state index contributed by atoms with van der Waals surface area (Å²) >= 11 is 0. The summed E-state index contributed by atoms with van der Waals surface area (Å²) in [5.41, 5.74) is 3.82. The molecule has 5 nitrogen and oxygen atoms in total. The average molecular weight is 419 g/mol. The predicted octanol–water partition coefficient (Wildman–Crippen LogP) is 3.74. The summed E-state index contributed by atoms with van der Waals surface area (Å²) in [6.07, 6.45) is 4.88. The summed E-state index contributed by atoms with van der Waals surface area (Å²) in [4.78, 5) is 12.3. The van der Waals surface area contributed by atoms with Crippen molar-refractivity contribution in [1.29, 1.82) is 0 Å². The number of benzene rings is 2. The molecule has 0 bridgehead atoms. The third-order valence-corrected chi connectivity index (χ3v) is 6.47. The highest BCUT2D eigenvalue weighted by Crippen LogP contribution is 2.25. The Hall–Kier alpha value is -2.41. The Labute approximate surface area is 172 Å². The van der Waals surface area contributed by atoms with E-state index in [2.05, 4.69) is 23.5 Å². The Balaban J connectivity index is 1.56. The van der Waals surface area contributed by atoms with Crippen LogP contribution < -0.4 is 9.62 Å². The third kappa shape index (κ3) is 5.35. The number of carbonyl (C=O) groups excluding carboxylic acids is 1. The van der Waals surface area contributed by atoms with Gasteiger partial charge in [-0.1, -0.05) is 30.3 Å². The van der Waals surface area contributed by atoms with Crippen LogP contribution >= 0.6 is 0 Å². The number of sulfonamides is 1. The lowest BCUT2D eigenvalue weighted by Gasteiger charge is -2.23. The smallest absolute Gasteiger partial charge is 0.232 e. The predicted molar refractivity (Wildman–Crippen MR) is 113 cm³/mol. The van der Waals surface area contributed by atoms with Crippen LogP contribution in [0.5, 0.6) is 0 Å². The first-order valence-corrected chi connectivity index (χ1v) is 11.7. The second-order valence-corrected chi connectivity index (χ2v) is 9.47. The number of halogens is 1. The highest BCUT2D eigenvalue weighted by Gasteiger charge is 2.21. The lowest BCUT2D eigenvalue weighted by Crippen LogP contribution is -2.33. The molecule has 1 unspecified atom stereocenters. The molecule has 3 rings (SSSR count). The van der Waals surface area contributed by atoms with Gasteiger partial charge in [-0.3, -0.25) is 9.10 Å². The summed E-state index contributed by atoms with van der Waals surface area (Å²) < 4.78 is 39.2. The van der Waals surface area contributed by atoms with Crippen molar-refractivity contribution in [3.63, 3.8) is 0 Å². The maximum absolute atomic E-state index is 14.0. The van der Waals surface area contributed by atoms with E-state index in [1.54, 1.807) is 6.07 Å². The minimum absolute atomic E-state index is 0.00178. The first-order chi connectivity index (χ1) is 13.8. The van der Waals surface area contributed by atoms with E-state index < -0.39 is 15.8 Å². The van der Waals surface area contributed by atoms with Crippen molar-refractivity contribution in [2.45, 2.75) is 45.1 Å². The van der Waals surface area contributed by atoms with E-state index in [4.69, 9.17) is 0 Å². The maximum Gasteiger partial charge on any atom is 0.232 e. The Morgan fingerprint density at radius 3 is 2.62 bits per heavy atom. The number of rotatable bonds is 8. The molecule has 0 heterocycles. The molecule has 1 aliphatic carbocycles. The average Bonchev–Trinajstić information content (AvgIpc) is 3.13. The zero-order chi connectivity index (χ0) is 21.0. The second-order valence-electron chi connectivity index (χ2n) is 7.56. The van der Waals surface area contributed by atoms with Crippen LogP contribution in [0.2, 0.25) is 0 Å². The topological polar surface area (TPSA) is 66.5 Å². The van der Waals surface area contributed by atoms with E-state index in [0.29, 0.717) is 6.42 Å². The van der Waals surface area contributed by atoms with Gasteiger partial charge in [-0.25, -0.2) is 12.8 Å². The largest absolute Gasteiger partial charge is 0.350 e. The van der Waals surface area contributed by atoms with Gasteiger partial charge in [0, 0.05) is 13.0 Å². The molecular weight excluding hydrogens is 391 g/mol. The lowest BCUT2D eigenvalue weighted by atomic mass is 10.0. The van der Waals surface area contributed by atoms with Gasteiger partial charge in [-0.15, -0.1) is 0 Å². The van der Waals surface area contributed by atoms with E-state index in [0.717, 1.165) is 29.0 Å². The first kappa shape index (κ1) is 21.3. The molecule has 0 radical (unpaired) electrons. The Bertz CT molecular complexity index is 991. The van der Waals surface area contributed by atoms with Crippen molar-refractivity contribution >= 4 is 21.6 Å². The van der Waals surface area contributed by atoms with Crippen molar-refractivity contribution in [1.82, 2.24) is 5.32 Å². The van der Waals surface area contributed by atoms with Crippen molar-refractivity contribution in [3.8, 4) is 0 Å². The molecule has 156 valence electrons. The molecule has 1 atom stereocenters. The van der Waals surface area contributed by atoms with E-state index in [-0.39, 0.29) is 30.6 Å². The van der Waals surface area contributed by atoms with Crippen LogP contribution in [0.1, 0.15) is 48.9 Å². The van der Waals surface area contributed by atoms with Crippen LogP contribution in [0, 0.1) is 5.82 Å². The number of anilines is 1. The highest BCUT2D eigenvalue weighted by molar-refractivity contribution is 7.92. The number of nitrogens with one attached hydrogen (secondary N) is 1. The zero-order valence-corrected chi connectivity index (χ0v) is 17.6. The fraction of sp³-hybridized carbons (Fsp3) is 0.409. The minimum atomic E-state index is -3.65. The van der Waals surface area contributed by atoms with Crippen molar-refractivity contribution in [3.05, 3.63) is 65.0 Å². The van der Waals surface area contributed by atoms with E-state index in [9.17, 15) is 17.6 Å². The van der Waals surface area contributed by atoms with E-state index >= 15 is 0 Å². The van der Waals surface area contributed by atoms with Crippen molar-refractivity contribution in [2.75, 3.05) is 17.1 Å². The van der Waals surface area contributed by atoms with Gasteiger partial charge in [0.25, 0.3) is 0 Å². The van der Waals surface area contributed by atoms with E-state index in [1.165, 1.54) is 35.7 Å². The maximum atomic E-state index is 14.0. The van der Waals surface area contributed by atoms with Crippen molar-refractivity contribution in [2.24, 2.45) is 0 Å². The highest BCUT2D eigenvalue weighted by atomic mass is 32.2. The number of hydrogen-bond acceptors (Lipinski definition) is 3. The molecule has 29 heavy (non-hydrogen) atoms. The van der Waals surface area contributed by atoms with Crippen molar-refractivity contribution < 1.29 is 17.6 Å². The second kappa shape index (κ2) is 8.95. The molecule has 0 saturated heterocycles. The molecule has 0 fully saturated rings. The van der Waals surface area contributed by atoms with Crippen LogP contribution in [0.4, 0.5) is 10.1 Å². The molecule has 0 aromatic heterocycles. The van der Waals surface area contributed by atoms with E-state index in [1.807, 2.05) is 6.92 Å². The third-order valence-electron chi connectivity index (χ3n) is 5.29. The number of hydrogen-bond donors (Lipinski definition) is 1. The van der Waals surface area contributed by atoms with Crippen LogP contribution in [-0.2, 0) is 27.7 Å². The fourth-order valence-electron chi connectivity index (χ4n) is 3.76. The van der Waals surface area contributed by atoms with Crippen LogP contribution in [0.3, 0.4) is 0 Å². The number of aryl methyl sites for hydroxylation is 2. The van der Waals surface area contributed by atoms with Gasteiger partial charge in [-0.2, -0.15) is 0 Å². The van der Waals surface area contributed by atoms with Gasteiger partial charge in [0.2, 0.25) is 15.9 Å². The zero-order valence-electron chi connectivity index (χ0n) is 16.8. The summed E-state index contributed by atoms with van der Waals surface area (Å²) in [7, 11) is -3.65. The Kier molecular flexibility index (Phi) is 6.57. The number of para-hydroxylation sites is 1. The number of amides is 1.